The summed E-state index contributed by atoms with van der Waals surface area (Å²) in [7, 11) is 0. The average Bonchev–Trinajstić information content (AvgIpc) is 3.08. The Balaban J connectivity index is 1.54. The minimum Gasteiger partial charge on any atom is -0.461 e. The molecule has 25 heavy (non-hydrogen) atoms. The van der Waals surface area contributed by atoms with Gasteiger partial charge in [-0.25, -0.2) is 9.48 Å². The molecule has 3 atom stereocenters. The maximum atomic E-state index is 12.3. The fourth-order valence-electron chi connectivity index (χ4n) is 3.25. The number of esters is 1. The lowest BCUT2D eigenvalue weighted by molar-refractivity contribution is -0.118. The Kier molecular flexibility index (Phi) is 3.74. The lowest BCUT2D eigenvalue weighted by Crippen LogP contribution is -2.28. The van der Waals surface area contributed by atoms with E-state index in [9.17, 15) is 9.59 Å². The molecule has 1 saturated carbocycles. The first-order valence-electron chi connectivity index (χ1n) is 8.43. The number of anilines is 1. The number of pyridine rings is 1. The molecule has 8 heteroatoms. The molecule has 1 unspecified atom stereocenters. The Hall–Kier alpha value is -2.77. The number of nitrogens with zero attached hydrogens (tertiary/aromatic N) is 5. The van der Waals surface area contributed by atoms with Crippen LogP contribution in [0.15, 0.2) is 24.7 Å². The van der Waals surface area contributed by atoms with Crippen LogP contribution in [0, 0.1) is 11.8 Å². The zero-order valence-corrected chi connectivity index (χ0v) is 14.1. The molecule has 130 valence electrons. The number of aromatic nitrogens is 4. The molecule has 0 N–H and O–H groups in total. The van der Waals surface area contributed by atoms with Gasteiger partial charge in [-0.3, -0.25) is 9.78 Å². The number of amides is 1. The van der Waals surface area contributed by atoms with Crippen LogP contribution in [-0.2, 0) is 9.53 Å². The molecule has 4 rings (SSSR count). The quantitative estimate of drug-likeness (QED) is 0.765. The summed E-state index contributed by atoms with van der Waals surface area (Å²) in [5.41, 5.74) is 1.88. The largest absolute Gasteiger partial charge is 0.461 e. The summed E-state index contributed by atoms with van der Waals surface area (Å²) in [6.07, 6.45) is 6.03. The normalized spacial score (nSPS) is 22.6. The van der Waals surface area contributed by atoms with Crippen LogP contribution >= 0.6 is 0 Å². The van der Waals surface area contributed by atoms with Crippen molar-refractivity contribution in [3.63, 3.8) is 0 Å². The Labute approximate surface area is 144 Å². The van der Waals surface area contributed by atoms with E-state index in [4.69, 9.17) is 4.74 Å². The van der Waals surface area contributed by atoms with E-state index in [2.05, 4.69) is 15.3 Å². The summed E-state index contributed by atoms with van der Waals surface area (Å²) in [5, 5.41) is 7.88. The van der Waals surface area contributed by atoms with Gasteiger partial charge in [0.15, 0.2) is 5.69 Å². The summed E-state index contributed by atoms with van der Waals surface area (Å²) in [5.74, 6) is 0.427. The van der Waals surface area contributed by atoms with Crippen LogP contribution in [0.3, 0.4) is 0 Å². The van der Waals surface area contributed by atoms with Crippen LogP contribution in [0.4, 0.5) is 5.69 Å². The van der Waals surface area contributed by atoms with E-state index < -0.39 is 5.97 Å². The third kappa shape index (κ3) is 2.77. The first-order chi connectivity index (χ1) is 12.1. The first-order valence-corrected chi connectivity index (χ1v) is 8.43. The van der Waals surface area contributed by atoms with Crippen LogP contribution in [-0.4, -0.2) is 45.0 Å². The zero-order valence-electron chi connectivity index (χ0n) is 14.1. The molecule has 8 nitrogen and oxygen atoms in total. The zero-order chi connectivity index (χ0) is 17.6. The van der Waals surface area contributed by atoms with Crippen LogP contribution in [0.25, 0.3) is 0 Å². The number of ether oxygens (including phenoxy) is 1. The summed E-state index contributed by atoms with van der Waals surface area (Å²) >= 11 is 0. The first kappa shape index (κ1) is 15.7. The van der Waals surface area contributed by atoms with Crippen molar-refractivity contribution < 1.29 is 14.3 Å². The highest BCUT2D eigenvalue weighted by Gasteiger charge is 2.52. The summed E-state index contributed by atoms with van der Waals surface area (Å²) in [6, 6.07) is 1.78. The van der Waals surface area contributed by atoms with Gasteiger partial charge in [-0.15, -0.1) is 5.10 Å². The minimum absolute atomic E-state index is 0.171. The van der Waals surface area contributed by atoms with Gasteiger partial charge in [-0.1, -0.05) is 5.21 Å². The highest BCUT2D eigenvalue weighted by Crippen LogP contribution is 2.47. The number of fused-ring (bicyclic) bond motifs is 1. The third-order valence-corrected chi connectivity index (χ3v) is 4.85. The number of rotatable bonds is 5. The molecule has 0 spiro atoms. The van der Waals surface area contributed by atoms with Gasteiger partial charge in [0, 0.05) is 18.7 Å². The molecular formula is C17H19N5O3. The van der Waals surface area contributed by atoms with E-state index in [0.29, 0.717) is 12.5 Å². The summed E-state index contributed by atoms with van der Waals surface area (Å²) < 4.78 is 6.52. The monoisotopic (exact) mass is 341 g/mol. The second kappa shape index (κ2) is 5.94. The smallest absolute Gasteiger partial charge is 0.360 e. The van der Waals surface area contributed by atoms with E-state index in [1.807, 2.05) is 17.9 Å². The fourth-order valence-corrected chi connectivity index (χ4v) is 3.25. The highest BCUT2D eigenvalue weighted by atomic mass is 16.5. The van der Waals surface area contributed by atoms with E-state index >= 15 is 0 Å². The molecule has 2 aliphatic rings. The topological polar surface area (TPSA) is 90.2 Å². The molecule has 0 aromatic carbocycles. The number of carbonyl (C=O) groups excluding carboxylic acids is 2. The van der Waals surface area contributed by atoms with Gasteiger partial charge >= 0.3 is 5.97 Å². The maximum absolute atomic E-state index is 12.3. The standard InChI is InChI=1S/C17H19N5O3/c1-3-25-17(24)15-9-22(20-19-15)10(2)11-4-13(7-18-6-11)21-8-12-5-14(12)16(21)23/h4,6-7,9-10,12,14H,3,5,8H2,1-2H3/t10?,12-,14-/m1/s1. The van der Waals surface area contributed by atoms with Gasteiger partial charge < -0.3 is 9.64 Å². The van der Waals surface area contributed by atoms with Crippen LogP contribution in [0.1, 0.15) is 42.4 Å². The molecular weight excluding hydrogens is 322 g/mol. The van der Waals surface area contributed by atoms with Crippen molar-refractivity contribution in [3.8, 4) is 0 Å². The van der Waals surface area contributed by atoms with Crippen molar-refractivity contribution >= 4 is 17.6 Å². The van der Waals surface area contributed by atoms with Gasteiger partial charge in [-0.05, 0) is 37.8 Å². The van der Waals surface area contributed by atoms with E-state index in [-0.39, 0.29) is 23.6 Å². The van der Waals surface area contributed by atoms with E-state index in [1.165, 1.54) is 0 Å². The predicted molar refractivity (Wildman–Crippen MR) is 88.0 cm³/mol. The van der Waals surface area contributed by atoms with Crippen LogP contribution in [0.5, 0.6) is 0 Å². The Bertz CT molecular complexity index is 833. The second-order valence-electron chi connectivity index (χ2n) is 6.51. The molecule has 0 radical (unpaired) electrons. The SMILES string of the molecule is CCOC(=O)c1cn(C(C)c2cncc(N3C[C@H]4C[C@H]4C3=O)c2)nn1. The van der Waals surface area contributed by atoms with Crippen LogP contribution in [0.2, 0.25) is 0 Å². The molecule has 2 fully saturated rings. The number of hydrogen-bond acceptors (Lipinski definition) is 6. The Morgan fingerprint density at radius 3 is 3.00 bits per heavy atom. The second-order valence-corrected chi connectivity index (χ2v) is 6.51. The van der Waals surface area contributed by atoms with Gasteiger partial charge in [0.1, 0.15) is 0 Å². The van der Waals surface area contributed by atoms with Gasteiger partial charge in [0.05, 0.1) is 30.7 Å². The van der Waals surface area contributed by atoms with Crippen molar-refractivity contribution in [2.45, 2.75) is 26.3 Å². The predicted octanol–water partition coefficient (Wildman–Crippen LogP) is 1.44. The number of hydrogen-bond donors (Lipinski definition) is 0. The molecule has 2 aromatic heterocycles. The highest BCUT2D eigenvalue weighted by molar-refractivity contribution is 5.99. The Morgan fingerprint density at radius 2 is 2.28 bits per heavy atom. The summed E-state index contributed by atoms with van der Waals surface area (Å²) in [4.78, 5) is 30.1. The van der Waals surface area contributed by atoms with Gasteiger partial charge in [0.25, 0.3) is 0 Å². The molecule has 1 aliphatic carbocycles. The molecule has 3 heterocycles. The van der Waals surface area contributed by atoms with E-state index in [0.717, 1.165) is 24.2 Å². The molecule has 1 aliphatic heterocycles. The molecule has 1 saturated heterocycles. The van der Waals surface area contributed by atoms with Crippen molar-refractivity contribution in [1.29, 1.82) is 0 Å². The van der Waals surface area contributed by atoms with Gasteiger partial charge in [0.2, 0.25) is 5.91 Å². The number of carbonyl (C=O) groups is 2. The van der Waals surface area contributed by atoms with Gasteiger partial charge in [-0.2, -0.15) is 0 Å². The Morgan fingerprint density at radius 1 is 1.44 bits per heavy atom. The molecule has 1 amide bonds. The van der Waals surface area contributed by atoms with Crippen molar-refractivity contribution in [1.82, 2.24) is 20.0 Å². The van der Waals surface area contributed by atoms with Crippen molar-refractivity contribution in [2.24, 2.45) is 11.8 Å². The average molecular weight is 341 g/mol. The van der Waals surface area contributed by atoms with Crippen molar-refractivity contribution in [3.05, 3.63) is 35.9 Å². The summed E-state index contributed by atoms with van der Waals surface area (Å²) in [6.45, 7) is 4.75. The van der Waals surface area contributed by atoms with Crippen LogP contribution < -0.4 is 4.90 Å². The van der Waals surface area contributed by atoms with Crippen molar-refractivity contribution in [2.75, 3.05) is 18.1 Å². The lowest BCUT2D eigenvalue weighted by Gasteiger charge is -2.20. The third-order valence-electron chi connectivity index (χ3n) is 4.85. The van der Waals surface area contributed by atoms with E-state index in [1.54, 1.807) is 30.2 Å². The number of piperidine rings is 1. The molecule has 2 aromatic rings. The lowest BCUT2D eigenvalue weighted by atomic mass is 10.1. The fraction of sp³-hybridized carbons (Fsp3) is 0.471. The molecule has 0 bridgehead atoms. The minimum atomic E-state index is -0.491. The maximum Gasteiger partial charge on any atom is 0.360 e.